The number of carbonyl (C=O) groups excluding carboxylic acids is 1. The van der Waals surface area contributed by atoms with Crippen LogP contribution in [0.2, 0.25) is 5.02 Å². The molecule has 0 fully saturated rings. The second-order valence-electron chi connectivity index (χ2n) is 4.00. The molecule has 2 N–H and O–H groups in total. The van der Waals surface area contributed by atoms with Gasteiger partial charge in [-0.3, -0.25) is 4.79 Å². The summed E-state index contributed by atoms with van der Waals surface area (Å²) in [6.07, 6.45) is 1.36. The fourth-order valence-electron chi connectivity index (χ4n) is 1.54. The number of carboxylic acids is 1. The SMILES string of the molecule is O=C(CSc1ccc(Cl)cc1)Nc1cccnc1C(=O)O. The second-order valence-corrected chi connectivity index (χ2v) is 5.48. The van der Waals surface area contributed by atoms with E-state index in [-0.39, 0.29) is 23.0 Å². The Bertz CT molecular complexity index is 662. The third kappa shape index (κ3) is 4.47. The quantitative estimate of drug-likeness (QED) is 0.827. The van der Waals surface area contributed by atoms with Crippen molar-refractivity contribution in [1.82, 2.24) is 4.98 Å². The first-order valence-corrected chi connectivity index (χ1v) is 7.29. The molecule has 21 heavy (non-hydrogen) atoms. The van der Waals surface area contributed by atoms with Crippen molar-refractivity contribution >= 4 is 40.9 Å². The molecule has 1 aromatic heterocycles. The summed E-state index contributed by atoms with van der Waals surface area (Å²) in [6.45, 7) is 0. The zero-order valence-electron chi connectivity index (χ0n) is 10.7. The highest BCUT2D eigenvalue weighted by atomic mass is 35.5. The largest absolute Gasteiger partial charge is 0.476 e. The van der Waals surface area contributed by atoms with Gasteiger partial charge in [-0.2, -0.15) is 0 Å². The van der Waals surface area contributed by atoms with E-state index >= 15 is 0 Å². The Kier molecular flexibility index (Phi) is 5.19. The molecule has 0 unspecified atom stereocenters. The average Bonchev–Trinajstić information content (AvgIpc) is 2.47. The van der Waals surface area contributed by atoms with Gasteiger partial charge in [0, 0.05) is 16.1 Å². The standard InChI is InChI=1S/C14H11ClN2O3S/c15-9-3-5-10(6-4-9)21-8-12(18)17-11-2-1-7-16-13(11)14(19)20/h1-7H,8H2,(H,17,18)(H,19,20). The summed E-state index contributed by atoms with van der Waals surface area (Å²) in [7, 11) is 0. The van der Waals surface area contributed by atoms with Gasteiger partial charge in [0.2, 0.25) is 5.91 Å². The van der Waals surface area contributed by atoms with Crippen LogP contribution in [0.3, 0.4) is 0 Å². The minimum absolute atomic E-state index is 0.162. The predicted molar refractivity (Wildman–Crippen MR) is 82.0 cm³/mol. The lowest BCUT2D eigenvalue weighted by Gasteiger charge is -2.07. The topological polar surface area (TPSA) is 79.3 Å². The number of amides is 1. The van der Waals surface area contributed by atoms with E-state index in [0.717, 1.165) is 4.90 Å². The Balaban J connectivity index is 1.96. The van der Waals surface area contributed by atoms with Crippen molar-refractivity contribution in [3.05, 3.63) is 53.3 Å². The number of hydrogen-bond acceptors (Lipinski definition) is 4. The summed E-state index contributed by atoms with van der Waals surface area (Å²) in [6, 6.07) is 10.2. The fourth-order valence-corrected chi connectivity index (χ4v) is 2.37. The Morgan fingerprint density at radius 2 is 1.95 bits per heavy atom. The Labute approximate surface area is 130 Å². The van der Waals surface area contributed by atoms with Gasteiger partial charge in [0.25, 0.3) is 0 Å². The van der Waals surface area contributed by atoms with Gasteiger partial charge in [-0.1, -0.05) is 11.6 Å². The van der Waals surface area contributed by atoms with E-state index in [0.29, 0.717) is 5.02 Å². The first-order chi connectivity index (χ1) is 10.1. The molecule has 0 aliphatic carbocycles. The monoisotopic (exact) mass is 322 g/mol. The molecule has 7 heteroatoms. The summed E-state index contributed by atoms with van der Waals surface area (Å²) in [4.78, 5) is 27.5. The predicted octanol–water partition coefficient (Wildman–Crippen LogP) is 3.16. The van der Waals surface area contributed by atoms with Crippen molar-refractivity contribution in [2.75, 3.05) is 11.1 Å². The molecule has 0 bridgehead atoms. The first kappa shape index (κ1) is 15.3. The zero-order chi connectivity index (χ0) is 15.2. The summed E-state index contributed by atoms with van der Waals surface area (Å²) >= 11 is 7.11. The molecule has 1 amide bonds. The van der Waals surface area contributed by atoms with Crippen LogP contribution in [-0.2, 0) is 4.79 Å². The van der Waals surface area contributed by atoms with Crippen LogP contribution in [0.4, 0.5) is 5.69 Å². The molecule has 0 radical (unpaired) electrons. The molecule has 0 aliphatic rings. The van der Waals surface area contributed by atoms with Crippen LogP contribution in [-0.4, -0.2) is 27.7 Å². The van der Waals surface area contributed by atoms with E-state index in [1.54, 1.807) is 18.2 Å². The number of halogens is 1. The molecule has 108 valence electrons. The average molecular weight is 323 g/mol. The molecule has 0 saturated heterocycles. The summed E-state index contributed by atoms with van der Waals surface area (Å²) in [5, 5.41) is 12.2. The molecular weight excluding hydrogens is 312 g/mol. The number of pyridine rings is 1. The fraction of sp³-hybridized carbons (Fsp3) is 0.0714. The number of benzene rings is 1. The Morgan fingerprint density at radius 3 is 2.62 bits per heavy atom. The van der Waals surface area contributed by atoms with E-state index in [4.69, 9.17) is 16.7 Å². The number of anilines is 1. The van der Waals surface area contributed by atoms with Gasteiger partial charge in [-0.05, 0) is 36.4 Å². The van der Waals surface area contributed by atoms with Crippen LogP contribution < -0.4 is 5.32 Å². The van der Waals surface area contributed by atoms with Crippen LogP contribution in [0, 0.1) is 0 Å². The zero-order valence-corrected chi connectivity index (χ0v) is 12.3. The number of nitrogens with one attached hydrogen (secondary N) is 1. The maximum Gasteiger partial charge on any atom is 0.356 e. The molecule has 0 saturated carbocycles. The summed E-state index contributed by atoms with van der Waals surface area (Å²) in [5.41, 5.74) is 0.00838. The van der Waals surface area contributed by atoms with Crippen molar-refractivity contribution in [3.8, 4) is 0 Å². The van der Waals surface area contributed by atoms with Crippen LogP contribution in [0.15, 0.2) is 47.5 Å². The third-order valence-electron chi connectivity index (χ3n) is 2.47. The molecule has 2 aromatic rings. The summed E-state index contributed by atoms with van der Waals surface area (Å²) < 4.78 is 0. The number of aromatic nitrogens is 1. The van der Waals surface area contributed by atoms with Gasteiger partial charge in [0.15, 0.2) is 5.69 Å². The first-order valence-electron chi connectivity index (χ1n) is 5.93. The second kappa shape index (κ2) is 7.10. The van der Waals surface area contributed by atoms with Gasteiger partial charge < -0.3 is 10.4 Å². The van der Waals surface area contributed by atoms with Gasteiger partial charge in [-0.25, -0.2) is 9.78 Å². The van der Waals surface area contributed by atoms with Crippen LogP contribution in [0.5, 0.6) is 0 Å². The Hall–Kier alpha value is -2.05. The minimum Gasteiger partial charge on any atom is -0.476 e. The number of carboxylic acid groups (broad SMARTS) is 1. The van der Waals surface area contributed by atoms with Crippen LogP contribution in [0.25, 0.3) is 0 Å². The third-order valence-corrected chi connectivity index (χ3v) is 3.73. The van der Waals surface area contributed by atoms with Crippen molar-refractivity contribution in [2.24, 2.45) is 0 Å². The maximum atomic E-state index is 11.8. The summed E-state index contributed by atoms with van der Waals surface area (Å²) in [5.74, 6) is -1.32. The lowest BCUT2D eigenvalue weighted by Crippen LogP contribution is -2.17. The van der Waals surface area contributed by atoms with E-state index in [2.05, 4.69) is 10.3 Å². The van der Waals surface area contributed by atoms with Gasteiger partial charge >= 0.3 is 5.97 Å². The van der Waals surface area contributed by atoms with Gasteiger partial charge in [-0.15, -0.1) is 11.8 Å². The van der Waals surface area contributed by atoms with E-state index < -0.39 is 5.97 Å². The lowest BCUT2D eigenvalue weighted by molar-refractivity contribution is -0.113. The highest BCUT2D eigenvalue weighted by molar-refractivity contribution is 8.00. The van der Waals surface area contributed by atoms with E-state index in [1.165, 1.54) is 24.0 Å². The highest BCUT2D eigenvalue weighted by Crippen LogP contribution is 2.21. The van der Waals surface area contributed by atoms with Crippen molar-refractivity contribution in [3.63, 3.8) is 0 Å². The van der Waals surface area contributed by atoms with Crippen LogP contribution in [0.1, 0.15) is 10.5 Å². The number of thioether (sulfide) groups is 1. The Morgan fingerprint density at radius 1 is 1.24 bits per heavy atom. The molecular formula is C14H11ClN2O3S. The number of carbonyl (C=O) groups is 2. The maximum absolute atomic E-state index is 11.8. The molecule has 5 nitrogen and oxygen atoms in total. The van der Waals surface area contributed by atoms with E-state index in [9.17, 15) is 9.59 Å². The number of hydrogen-bond donors (Lipinski definition) is 2. The smallest absolute Gasteiger partial charge is 0.356 e. The molecule has 0 spiro atoms. The molecule has 0 atom stereocenters. The normalized spacial score (nSPS) is 10.1. The minimum atomic E-state index is -1.18. The van der Waals surface area contributed by atoms with Gasteiger partial charge in [0.1, 0.15) is 0 Å². The van der Waals surface area contributed by atoms with Crippen molar-refractivity contribution in [1.29, 1.82) is 0 Å². The lowest BCUT2D eigenvalue weighted by atomic mass is 10.3. The molecule has 2 rings (SSSR count). The molecule has 1 heterocycles. The van der Waals surface area contributed by atoms with Crippen molar-refractivity contribution in [2.45, 2.75) is 4.90 Å². The van der Waals surface area contributed by atoms with E-state index in [1.807, 2.05) is 12.1 Å². The van der Waals surface area contributed by atoms with Crippen molar-refractivity contribution < 1.29 is 14.7 Å². The van der Waals surface area contributed by atoms with Gasteiger partial charge in [0.05, 0.1) is 11.4 Å². The highest BCUT2D eigenvalue weighted by Gasteiger charge is 2.13. The molecule has 1 aromatic carbocycles. The number of rotatable bonds is 5. The number of nitrogens with zero attached hydrogens (tertiary/aromatic N) is 1. The van der Waals surface area contributed by atoms with Crippen LogP contribution >= 0.6 is 23.4 Å². The molecule has 0 aliphatic heterocycles. The number of aromatic carboxylic acids is 1.